The highest BCUT2D eigenvalue weighted by atomic mass is 16.4. The summed E-state index contributed by atoms with van der Waals surface area (Å²) in [4.78, 5) is 116. The van der Waals surface area contributed by atoms with E-state index in [1.165, 1.54) is 0 Å². The molecule has 0 aromatic heterocycles. The van der Waals surface area contributed by atoms with Gasteiger partial charge in [0, 0.05) is 19.4 Å². The molecule has 0 radical (unpaired) electrons. The van der Waals surface area contributed by atoms with Crippen molar-refractivity contribution < 1.29 is 58.5 Å². The molecule has 1 aromatic rings. The summed E-state index contributed by atoms with van der Waals surface area (Å²) >= 11 is 0. The van der Waals surface area contributed by atoms with Gasteiger partial charge in [-0.2, -0.15) is 0 Å². The number of likely N-dealkylation sites (tertiary alicyclic amines) is 1. The van der Waals surface area contributed by atoms with Crippen LogP contribution in [0.1, 0.15) is 65.4 Å². The van der Waals surface area contributed by atoms with E-state index in [1.54, 1.807) is 58.0 Å². The first kappa shape index (κ1) is 46.5. The molecule has 1 heterocycles. The minimum absolute atomic E-state index is 0.0109. The molecule has 7 unspecified atom stereocenters. The van der Waals surface area contributed by atoms with Gasteiger partial charge in [-0.1, -0.05) is 58.0 Å². The number of hydrogen-bond donors (Lipinski definition) is 10. The van der Waals surface area contributed by atoms with E-state index in [0.717, 1.165) is 4.90 Å². The Morgan fingerprint density at radius 3 is 1.82 bits per heavy atom. The molecule has 310 valence electrons. The molecular weight excluding hydrogens is 736 g/mol. The number of aliphatic hydroxyl groups is 1. The van der Waals surface area contributed by atoms with Gasteiger partial charge in [-0.05, 0) is 36.7 Å². The van der Waals surface area contributed by atoms with E-state index < -0.39 is 133 Å². The maximum Gasteiger partial charge on any atom is 0.326 e. The molecular formula is C36H54N8O12. The number of nitrogens with one attached hydrogen (secondary N) is 5. The van der Waals surface area contributed by atoms with Crippen LogP contribution in [0.4, 0.5) is 0 Å². The van der Waals surface area contributed by atoms with Crippen LogP contribution in [0, 0.1) is 11.8 Å². The number of aliphatic hydroxyl groups excluding tert-OH is 1. The van der Waals surface area contributed by atoms with E-state index in [9.17, 15) is 58.5 Å². The normalized spacial score (nSPS) is 17.1. The highest BCUT2D eigenvalue weighted by molar-refractivity contribution is 5.97. The average Bonchev–Trinajstić information content (AvgIpc) is 3.62. The lowest BCUT2D eigenvalue weighted by Gasteiger charge is -2.31. The summed E-state index contributed by atoms with van der Waals surface area (Å²) in [5.74, 6) is -9.86. The van der Waals surface area contributed by atoms with Gasteiger partial charge in [-0.3, -0.25) is 38.4 Å². The monoisotopic (exact) mass is 790 g/mol. The number of primary amides is 1. The number of aliphatic carboxylic acids is 2. The van der Waals surface area contributed by atoms with Gasteiger partial charge >= 0.3 is 11.9 Å². The summed E-state index contributed by atoms with van der Waals surface area (Å²) in [5.41, 5.74) is 11.4. The van der Waals surface area contributed by atoms with Gasteiger partial charge in [0.2, 0.25) is 41.4 Å². The second-order valence-corrected chi connectivity index (χ2v) is 14.3. The van der Waals surface area contributed by atoms with Crippen molar-refractivity contribution in [2.24, 2.45) is 23.3 Å². The number of carboxylic acids is 2. The van der Waals surface area contributed by atoms with Crippen LogP contribution in [0.15, 0.2) is 30.3 Å². The predicted molar refractivity (Wildman–Crippen MR) is 198 cm³/mol. The van der Waals surface area contributed by atoms with Gasteiger partial charge in [-0.25, -0.2) is 4.79 Å². The van der Waals surface area contributed by atoms with Crippen molar-refractivity contribution in [2.75, 3.05) is 13.2 Å². The third-order valence-corrected chi connectivity index (χ3v) is 9.06. The summed E-state index contributed by atoms with van der Waals surface area (Å²) in [5, 5.41) is 41.4. The predicted octanol–water partition coefficient (Wildman–Crippen LogP) is -2.90. The second-order valence-electron chi connectivity index (χ2n) is 14.3. The average molecular weight is 791 g/mol. The van der Waals surface area contributed by atoms with Crippen molar-refractivity contribution in [3.63, 3.8) is 0 Å². The zero-order valence-corrected chi connectivity index (χ0v) is 31.9. The van der Waals surface area contributed by atoms with Gasteiger partial charge in [0.15, 0.2) is 0 Å². The number of carbonyl (C=O) groups is 9. The number of nitrogens with two attached hydrogens (primary N) is 2. The molecule has 0 bridgehead atoms. The highest BCUT2D eigenvalue weighted by Gasteiger charge is 2.40. The van der Waals surface area contributed by atoms with E-state index in [1.807, 2.05) is 0 Å². The van der Waals surface area contributed by atoms with E-state index in [2.05, 4.69) is 26.6 Å². The van der Waals surface area contributed by atoms with Crippen LogP contribution in [-0.2, 0) is 49.6 Å². The molecule has 12 N–H and O–H groups in total. The number of carbonyl (C=O) groups excluding carboxylic acids is 7. The first-order valence-corrected chi connectivity index (χ1v) is 18.2. The minimum Gasteiger partial charge on any atom is -0.481 e. The third kappa shape index (κ3) is 14.2. The Hall–Kier alpha value is -5.63. The van der Waals surface area contributed by atoms with Gasteiger partial charge < -0.3 is 58.3 Å². The number of hydrogen-bond acceptors (Lipinski definition) is 11. The van der Waals surface area contributed by atoms with Crippen molar-refractivity contribution in [1.29, 1.82) is 0 Å². The van der Waals surface area contributed by atoms with Gasteiger partial charge in [0.05, 0.1) is 19.1 Å². The highest BCUT2D eigenvalue weighted by Crippen LogP contribution is 2.20. The quantitative estimate of drug-likeness (QED) is 0.0564. The summed E-state index contributed by atoms with van der Waals surface area (Å²) < 4.78 is 0. The van der Waals surface area contributed by atoms with E-state index in [0.29, 0.717) is 12.0 Å². The Morgan fingerprint density at radius 2 is 1.32 bits per heavy atom. The van der Waals surface area contributed by atoms with E-state index in [-0.39, 0.29) is 19.4 Å². The van der Waals surface area contributed by atoms with Gasteiger partial charge in [0.1, 0.15) is 36.3 Å². The maximum atomic E-state index is 13.6. The number of carboxylic acid groups (broad SMARTS) is 2. The molecule has 1 aromatic carbocycles. The Kier molecular flexibility index (Phi) is 18.3. The van der Waals surface area contributed by atoms with Crippen LogP contribution in [0.25, 0.3) is 0 Å². The van der Waals surface area contributed by atoms with Gasteiger partial charge in [-0.15, -0.1) is 0 Å². The summed E-state index contributed by atoms with van der Waals surface area (Å²) in [6, 6.07) is -0.894. The molecule has 0 spiro atoms. The Balaban J connectivity index is 2.19. The number of benzene rings is 1. The zero-order valence-electron chi connectivity index (χ0n) is 31.9. The fourth-order valence-corrected chi connectivity index (χ4v) is 5.96. The Labute approximate surface area is 323 Å². The lowest BCUT2D eigenvalue weighted by Crippen LogP contribution is -2.61. The molecule has 0 aliphatic carbocycles. The largest absolute Gasteiger partial charge is 0.481 e. The smallest absolute Gasteiger partial charge is 0.326 e. The molecule has 1 aliphatic heterocycles. The Morgan fingerprint density at radius 1 is 0.768 bits per heavy atom. The summed E-state index contributed by atoms with van der Waals surface area (Å²) in [6.07, 6.45) is -0.949. The van der Waals surface area contributed by atoms with Crippen molar-refractivity contribution in [3.8, 4) is 0 Å². The van der Waals surface area contributed by atoms with Crippen LogP contribution in [-0.4, -0.2) is 129 Å². The van der Waals surface area contributed by atoms with Gasteiger partial charge in [0.25, 0.3) is 0 Å². The van der Waals surface area contributed by atoms with E-state index in [4.69, 9.17) is 11.5 Å². The van der Waals surface area contributed by atoms with Crippen LogP contribution in [0.3, 0.4) is 0 Å². The van der Waals surface area contributed by atoms with Crippen molar-refractivity contribution in [3.05, 3.63) is 35.9 Å². The molecule has 1 fully saturated rings. The van der Waals surface area contributed by atoms with E-state index >= 15 is 0 Å². The lowest BCUT2D eigenvalue weighted by molar-refractivity contribution is -0.145. The lowest BCUT2D eigenvalue weighted by atomic mass is 10.00. The molecule has 7 amide bonds. The van der Waals surface area contributed by atoms with Crippen LogP contribution < -0.4 is 38.1 Å². The third-order valence-electron chi connectivity index (χ3n) is 9.06. The van der Waals surface area contributed by atoms with Crippen LogP contribution in [0.5, 0.6) is 0 Å². The standard InChI is InChI=1S/C36H54N8O12/c1-18(2)28(42-30(49)21(37)16-26(38)46)33(52)39-22(12-13-27(47)48)31(50)43-29(19(3)4)34(53)41-24(17-45)35(54)44-14-8-11-25(44)32(51)40-23(36(55)56)15-20-9-6-5-7-10-20/h5-7,9-10,18-19,21-25,28-29,45H,8,11-17,37H2,1-4H3,(H2,38,46)(H,39,52)(H,40,51)(H,41,53)(H,42,49)(H,43,50)(H,47,48)(H,55,56). The Bertz CT molecular complexity index is 1590. The zero-order chi connectivity index (χ0) is 42.3. The SMILES string of the molecule is CC(C)C(NC(=O)C(N)CC(N)=O)C(=O)NC(CCC(=O)O)C(=O)NC(C(=O)NC(CO)C(=O)N1CCCC1C(=O)NC(Cc1ccccc1)C(=O)O)C(C)C. The second kappa shape index (κ2) is 22.1. The number of nitrogens with zero attached hydrogens (tertiary/aromatic N) is 1. The number of rotatable bonds is 22. The van der Waals surface area contributed by atoms with Crippen LogP contribution >= 0.6 is 0 Å². The minimum atomic E-state index is -1.58. The molecule has 2 rings (SSSR count). The molecule has 1 saturated heterocycles. The summed E-state index contributed by atoms with van der Waals surface area (Å²) in [7, 11) is 0. The van der Waals surface area contributed by atoms with Crippen molar-refractivity contribution in [2.45, 2.75) is 109 Å². The number of amides is 7. The van der Waals surface area contributed by atoms with Crippen molar-refractivity contribution in [1.82, 2.24) is 31.5 Å². The summed E-state index contributed by atoms with van der Waals surface area (Å²) in [6.45, 7) is 5.43. The molecule has 1 aliphatic rings. The fraction of sp³-hybridized carbons (Fsp3) is 0.583. The van der Waals surface area contributed by atoms with Crippen molar-refractivity contribution >= 4 is 53.3 Å². The topological polar surface area (TPSA) is 330 Å². The molecule has 0 saturated carbocycles. The first-order valence-electron chi connectivity index (χ1n) is 18.2. The molecule has 20 heteroatoms. The molecule has 7 atom stereocenters. The fourth-order valence-electron chi connectivity index (χ4n) is 5.96. The molecule has 20 nitrogen and oxygen atoms in total. The molecule has 56 heavy (non-hydrogen) atoms. The maximum absolute atomic E-state index is 13.6. The van der Waals surface area contributed by atoms with Crippen LogP contribution in [0.2, 0.25) is 0 Å². The first-order chi connectivity index (χ1) is 26.3.